The molecule has 2 heterocycles. The molecule has 0 aliphatic carbocycles. The molecule has 2 aromatic heterocycles. The Morgan fingerprint density at radius 2 is 1.79 bits per heavy atom. The van der Waals surface area contributed by atoms with Crippen LogP contribution >= 0.6 is 15.9 Å². The SMILES string of the molecule is COC(=O)c1ccc2c(-c3ccccc3)c(Br)n(CC(=O)OC(C)(C)C)c2n1. The van der Waals surface area contributed by atoms with Crippen LogP contribution in [-0.4, -0.2) is 34.2 Å². The lowest BCUT2D eigenvalue weighted by Crippen LogP contribution is -2.26. The van der Waals surface area contributed by atoms with Gasteiger partial charge in [0.2, 0.25) is 0 Å². The number of aromatic nitrogens is 2. The molecule has 0 N–H and O–H groups in total. The van der Waals surface area contributed by atoms with Crippen molar-refractivity contribution in [1.29, 1.82) is 0 Å². The topological polar surface area (TPSA) is 70.4 Å². The number of rotatable bonds is 4. The van der Waals surface area contributed by atoms with Gasteiger partial charge in [0.25, 0.3) is 0 Å². The minimum Gasteiger partial charge on any atom is -0.464 e. The van der Waals surface area contributed by atoms with Crippen molar-refractivity contribution in [2.45, 2.75) is 32.9 Å². The number of methoxy groups -OCH3 is 1. The van der Waals surface area contributed by atoms with E-state index < -0.39 is 17.5 Å². The van der Waals surface area contributed by atoms with E-state index in [9.17, 15) is 9.59 Å². The van der Waals surface area contributed by atoms with Gasteiger partial charge in [-0.3, -0.25) is 4.79 Å². The first-order chi connectivity index (χ1) is 13.2. The van der Waals surface area contributed by atoms with E-state index in [-0.39, 0.29) is 12.2 Å². The van der Waals surface area contributed by atoms with Gasteiger partial charge in [0, 0.05) is 10.9 Å². The van der Waals surface area contributed by atoms with Gasteiger partial charge in [0.15, 0.2) is 5.69 Å². The quantitative estimate of drug-likeness (QED) is 0.550. The van der Waals surface area contributed by atoms with Crippen LogP contribution in [-0.2, 0) is 20.8 Å². The average molecular weight is 445 g/mol. The number of ether oxygens (including phenoxy) is 2. The summed E-state index contributed by atoms with van der Waals surface area (Å²) in [4.78, 5) is 28.9. The lowest BCUT2D eigenvalue weighted by atomic mass is 10.1. The molecule has 146 valence electrons. The maximum absolute atomic E-state index is 12.5. The highest BCUT2D eigenvalue weighted by Gasteiger charge is 2.23. The molecule has 0 bridgehead atoms. The molecular weight excluding hydrogens is 424 g/mol. The lowest BCUT2D eigenvalue weighted by molar-refractivity contribution is -0.155. The van der Waals surface area contributed by atoms with Gasteiger partial charge in [0.05, 0.1) is 11.7 Å². The molecule has 0 aliphatic rings. The standard InChI is InChI=1S/C21H21BrN2O4/c1-21(2,3)28-16(25)12-24-18(22)17(13-8-6-5-7-9-13)14-10-11-15(20(26)27-4)23-19(14)24/h5-11H,12H2,1-4H3. The predicted molar refractivity (Wildman–Crippen MR) is 110 cm³/mol. The van der Waals surface area contributed by atoms with Gasteiger partial charge >= 0.3 is 11.9 Å². The zero-order valence-electron chi connectivity index (χ0n) is 16.2. The van der Waals surface area contributed by atoms with Crippen LogP contribution in [0.3, 0.4) is 0 Å². The minimum absolute atomic E-state index is 0.0428. The Bertz CT molecular complexity index is 1040. The highest BCUT2D eigenvalue weighted by atomic mass is 79.9. The van der Waals surface area contributed by atoms with Crippen LogP contribution in [0.4, 0.5) is 0 Å². The van der Waals surface area contributed by atoms with E-state index in [1.165, 1.54) is 7.11 Å². The van der Waals surface area contributed by atoms with E-state index in [4.69, 9.17) is 9.47 Å². The summed E-state index contributed by atoms with van der Waals surface area (Å²) >= 11 is 3.62. The summed E-state index contributed by atoms with van der Waals surface area (Å²) in [6.07, 6.45) is 0. The normalized spacial score (nSPS) is 11.5. The molecule has 0 radical (unpaired) electrons. The fourth-order valence-electron chi connectivity index (χ4n) is 2.93. The number of pyridine rings is 1. The van der Waals surface area contributed by atoms with E-state index in [2.05, 4.69) is 20.9 Å². The summed E-state index contributed by atoms with van der Waals surface area (Å²) in [5, 5.41) is 0.814. The van der Waals surface area contributed by atoms with Crippen molar-refractivity contribution in [2.24, 2.45) is 0 Å². The predicted octanol–water partition coefficient (Wildman–Crippen LogP) is 4.59. The molecule has 0 saturated heterocycles. The second kappa shape index (κ2) is 7.75. The zero-order chi connectivity index (χ0) is 20.5. The fourth-order valence-corrected chi connectivity index (χ4v) is 3.67. The van der Waals surface area contributed by atoms with E-state index in [1.807, 2.05) is 57.2 Å². The minimum atomic E-state index is -0.598. The van der Waals surface area contributed by atoms with Gasteiger partial charge in [-0.1, -0.05) is 30.3 Å². The molecule has 0 atom stereocenters. The van der Waals surface area contributed by atoms with Crippen LogP contribution in [0.1, 0.15) is 31.3 Å². The van der Waals surface area contributed by atoms with Crippen molar-refractivity contribution in [3.8, 4) is 11.1 Å². The van der Waals surface area contributed by atoms with Crippen LogP contribution in [0.15, 0.2) is 47.1 Å². The van der Waals surface area contributed by atoms with Crippen LogP contribution in [0, 0.1) is 0 Å². The first kappa shape index (κ1) is 20.1. The third-order valence-electron chi connectivity index (χ3n) is 4.01. The number of nitrogens with zero attached hydrogens (tertiary/aromatic N) is 2. The molecule has 7 heteroatoms. The molecule has 6 nitrogen and oxygen atoms in total. The molecule has 3 aromatic rings. The highest BCUT2D eigenvalue weighted by Crippen LogP contribution is 2.38. The largest absolute Gasteiger partial charge is 0.464 e. The van der Waals surface area contributed by atoms with Gasteiger partial charge in [-0.25, -0.2) is 9.78 Å². The summed E-state index contributed by atoms with van der Waals surface area (Å²) in [5.74, 6) is -0.931. The van der Waals surface area contributed by atoms with Crippen molar-refractivity contribution in [2.75, 3.05) is 7.11 Å². The van der Waals surface area contributed by atoms with Gasteiger partial charge < -0.3 is 14.0 Å². The van der Waals surface area contributed by atoms with Gasteiger partial charge in [-0.15, -0.1) is 0 Å². The third-order valence-corrected chi connectivity index (χ3v) is 4.83. The Hall–Kier alpha value is -2.67. The monoisotopic (exact) mass is 444 g/mol. The van der Waals surface area contributed by atoms with E-state index in [1.54, 1.807) is 10.6 Å². The average Bonchev–Trinajstić information content (AvgIpc) is 2.91. The number of halogens is 1. The molecule has 0 saturated carbocycles. The van der Waals surface area contributed by atoms with E-state index >= 15 is 0 Å². The van der Waals surface area contributed by atoms with Crippen LogP contribution in [0.25, 0.3) is 22.2 Å². The number of fused-ring (bicyclic) bond motifs is 1. The van der Waals surface area contributed by atoms with Crippen molar-refractivity contribution in [3.63, 3.8) is 0 Å². The Labute approximate surface area is 171 Å². The van der Waals surface area contributed by atoms with E-state index in [0.717, 1.165) is 16.5 Å². The maximum atomic E-state index is 12.5. The van der Waals surface area contributed by atoms with Gasteiger partial charge in [-0.2, -0.15) is 0 Å². The lowest BCUT2D eigenvalue weighted by Gasteiger charge is -2.20. The third kappa shape index (κ3) is 4.09. The van der Waals surface area contributed by atoms with Crippen molar-refractivity contribution in [1.82, 2.24) is 9.55 Å². The maximum Gasteiger partial charge on any atom is 0.356 e. The van der Waals surface area contributed by atoms with Crippen LogP contribution in [0.5, 0.6) is 0 Å². The summed E-state index contributed by atoms with van der Waals surface area (Å²) < 4.78 is 12.6. The second-order valence-corrected chi connectivity index (χ2v) is 8.01. The number of hydrogen-bond acceptors (Lipinski definition) is 5. The number of carbonyl (C=O) groups excluding carboxylic acids is 2. The number of hydrogen-bond donors (Lipinski definition) is 0. The summed E-state index contributed by atoms with van der Waals surface area (Å²) in [5.41, 5.74) is 1.93. The second-order valence-electron chi connectivity index (χ2n) is 7.26. The summed E-state index contributed by atoms with van der Waals surface area (Å²) in [6, 6.07) is 13.2. The molecule has 0 unspecified atom stereocenters. The Balaban J connectivity index is 2.18. The van der Waals surface area contributed by atoms with Crippen LogP contribution < -0.4 is 0 Å². The first-order valence-electron chi connectivity index (χ1n) is 8.75. The molecule has 0 amide bonds. The van der Waals surface area contributed by atoms with Gasteiger partial charge in [0.1, 0.15) is 17.8 Å². The van der Waals surface area contributed by atoms with E-state index in [0.29, 0.717) is 10.3 Å². The fraction of sp³-hybridized carbons (Fsp3) is 0.286. The van der Waals surface area contributed by atoms with Crippen molar-refractivity contribution < 1.29 is 19.1 Å². The molecule has 1 aromatic carbocycles. The Morgan fingerprint density at radius 3 is 2.39 bits per heavy atom. The molecular formula is C21H21BrN2O4. The van der Waals surface area contributed by atoms with Crippen molar-refractivity contribution >= 4 is 38.9 Å². The van der Waals surface area contributed by atoms with Crippen LogP contribution in [0.2, 0.25) is 0 Å². The molecule has 0 spiro atoms. The Kier molecular flexibility index (Phi) is 5.56. The van der Waals surface area contributed by atoms with Crippen molar-refractivity contribution in [3.05, 3.63) is 52.8 Å². The highest BCUT2D eigenvalue weighted by molar-refractivity contribution is 9.10. The summed E-state index contributed by atoms with van der Waals surface area (Å²) in [6.45, 7) is 5.41. The molecule has 0 aliphatic heterocycles. The molecule has 28 heavy (non-hydrogen) atoms. The molecule has 3 rings (SSSR count). The number of carbonyl (C=O) groups is 2. The zero-order valence-corrected chi connectivity index (χ0v) is 17.7. The van der Waals surface area contributed by atoms with Gasteiger partial charge in [-0.05, 0) is 54.4 Å². The first-order valence-corrected chi connectivity index (χ1v) is 9.55. The number of esters is 2. The summed E-state index contributed by atoms with van der Waals surface area (Å²) in [7, 11) is 1.30. The number of benzene rings is 1. The smallest absolute Gasteiger partial charge is 0.356 e. The Morgan fingerprint density at radius 1 is 1.11 bits per heavy atom. The molecule has 0 fully saturated rings.